The molecule has 3 N–H and O–H groups in total. The van der Waals surface area contributed by atoms with Crippen LogP contribution in [0, 0.1) is 0 Å². The zero-order valence-corrected chi connectivity index (χ0v) is 39.8. The van der Waals surface area contributed by atoms with E-state index >= 15 is 0 Å². The predicted molar refractivity (Wildman–Crippen MR) is 251 cm³/mol. The lowest BCUT2D eigenvalue weighted by Crippen LogP contribution is -2.29. The van der Waals surface area contributed by atoms with Gasteiger partial charge in [0.15, 0.2) is 0 Å². The highest BCUT2D eigenvalue weighted by Crippen LogP contribution is 2.43. The summed E-state index contributed by atoms with van der Waals surface area (Å²) in [5, 5.41) is 18.4. The number of hydrogen-bond donors (Lipinski definition) is 3. The third-order valence-electron chi connectivity index (χ3n) is 10.8. The number of carbonyl (C=O) groups excluding carboxylic acids is 1. The number of carbonyl (C=O) groups is 1. The summed E-state index contributed by atoms with van der Waals surface area (Å²) in [4.78, 5) is 22.7. The molecule has 60 heavy (non-hydrogen) atoms. The first-order chi connectivity index (χ1) is 29.3. The molecule has 0 aliphatic heterocycles. The van der Waals surface area contributed by atoms with Crippen molar-refractivity contribution in [2.24, 2.45) is 0 Å². The van der Waals surface area contributed by atoms with Crippen LogP contribution in [-0.2, 0) is 27.9 Å². The van der Waals surface area contributed by atoms with E-state index in [0.717, 1.165) is 51.4 Å². The van der Waals surface area contributed by atoms with E-state index in [2.05, 4.69) is 50.3 Å². The number of phosphoric ester groups is 1. The Labute approximate surface area is 369 Å². The molecule has 9 nitrogen and oxygen atoms in total. The highest BCUT2D eigenvalue weighted by atomic mass is 31.2. The van der Waals surface area contributed by atoms with Crippen molar-refractivity contribution in [3.8, 4) is 0 Å². The van der Waals surface area contributed by atoms with Crippen molar-refractivity contribution in [2.75, 3.05) is 33.0 Å². The van der Waals surface area contributed by atoms with Crippen LogP contribution in [0.1, 0.15) is 232 Å². The lowest BCUT2D eigenvalue weighted by atomic mass is 10.0. The number of rotatable bonds is 48. The Hall–Kier alpha value is -1.32. The topological polar surface area (TPSA) is 132 Å². The van der Waals surface area contributed by atoms with Gasteiger partial charge in [-0.25, -0.2) is 4.57 Å². The Morgan fingerprint density at radius 3 is 1.38 bits per heavy atom. The molecule has 354 valence electrons. The molecule has 0 aromatic heterocycles. The van der Waals surface area contributed by atoms with Gasteiger partial charge in [0, 0.05) is 13.0 Å². The third kappa shape index (κ3) is 46.2. The molecule has 0 fully saturated rings. The van der Waals surface area contributed by atoms with E-state index in [9.17, 15) is 19.4 Å². The summed E-state index contributed by atoms with van der Waals surface area (Å²) < 4.78 is 33.5. The maximum absolute atomic E-state index is 12.7. The number of unbranched alkanes of at least 4 members (excludes halogenated alkanes) is 28. The molecule has 0 aromatic carbocycles. The molecule has 0 spiro atoms. The number of allylic oxidation sites excluding steroid dienone is 6. The van der Waals surface area contributed by atoms with Gasteiger partial charge >= 0.3 is 13.8 Å². The summed E-state index contributed by atoms with van der Waals surface area (Å²) in [6.45, 7) is 3.50. The number of aliphatic hydroxyl groups excluding tert-OH is 2. The zero-order chi connectivity index (χ0) is 43.9. The first kappa shape index (κ1) is 58.7. The Bertz CT molecular complexity index is 1030. The van der Waals surface area contributed by atoms with E-state index in [1.165, 1.54) is 161 Å². The molecule has 3 unspecified atom stereocenters. The average molecular weight is 871 g/mol. The average Bonchev–Trinajstić information content (AvgIpc) is 3.24. The monoisotopic (exact) mass is 871 g/mol. The predicted octanol–water partition coefficient (Wildman–Crippen LogP) is 14.4. The largest absolute Gasteiger partial charge is 0.472 e. The van der Waals surface area contributed by atoms with Crippen LogP contribution >= 0.6 is 7.82 Å². The van der Waals surface area contributed by atoms with E-state index in [0.29, 0.717) is 6.61 Å². The van der Waals surface area contributed by atoms with Gasteiger partial charge in [-0.1, -0.05) is 192 Å². The molecule has 0 amide bonds. The molecule has 0 radical (unpaired) electrons. The molecule has 0 saturated carbocycles. The van der Waals surface area contributed by atoms with Crippen LogP contribution in [0.2, 0.25) is 0 Å². The van der Waals surface area contributed by atoms with Gasteiger partial charge in [0.05, 0.1) is 26.4 Å². The lowest BCUT2D eigenvalue weighted by molar-refractivity contribution is -0.154. The molecule has 0 heterocycles. The van der Waals surface area contributed by atoms with E-state index < -0.39 is 33.2 Å². The molecule has 0 aliphatic carbocycles. The molecule has 10 heteroatoms. The summed E-state index contributed by atoms with van der Waals surface area (Å²) >= 11 is 0. The van der Waals surface area contributed by atoms with E-state index in [4.69, 9.17) is 23.6 Å². The SMILES string of the molecule is CCCCC/C=C\C/C=C\CCCCCCCCOCC(COP(=O)(O)OCC(O)CO)OC(=O)CCCCCCCCCCCCC/C=C\CCCCCCCCCC. The van der Waals surface area contributed by atoms with Crippen molar-refractivity contribution in [3.05, 3.63) is 36.5 Å². The van der Waals surface area contributed by atoms with Crippen molar-refractivity contribution in [1.82, 2.24) is 0 Å². The highest BCUT2D eigenvalue weighted by molar-refractivity contribution is 7.47. The Balaban J connectivity index is 4.07. The maximum atomic E-state index is 12.7. The number of hydrogen-bond acceptors (Lipinski definition) is 8. The van der Waals surface area contributed by atoms with Crippen LogP contribution in [0.4, 0.5) is 0 Å². The molecule has 0 aromatic rings. The third-order valence-corrected chi connectivity index (χ3v) is 11.7. The van der Waals surface area contributed by atoms with Crippen molar-refractivity contribution >= 4 is 13.8 Å². The van der Waals surface area contributed by atoms with E-state index in [1.807, 2.05) is 0 Å². The normalized spacial score (nSPS) is 14.2. The first-order valence-electron chi connectivity index (χ1n) is 25.0. The van der Waals surface area contributed by atoms with Gasteiger partial charge in [-0.3, -0.25) is 13.8 Å². The van der Waals surface area contributed by atoms with Gasteiger partial charge in [0.2, 0.25) is 0 Å². The minimum absolute atomic E-state index is 0.0434. The number of ether oxygens (including phenoxy) is 2. The second kappa shape index (κ2) is 47.2. The number of esters is 1. The van der Waals surface area contributed by atoms with Gasteiger partial charge in [-0.05, 0) is 70.6 Å². The van der Waals surface area contributed by atoms with E-state index in [1.54, 1.807) is 0 Å². The number of aliphatic hydroxyl groups is 2. The summed E-state index contributed by atoms with van der Waals surface area (Å²) in [5.41, 5.74) is 0. The van der Waals surface area contributed by atoms with Gasteiger partial charge < -0.3 is 24.6 Å². The quantitative estimate of drug-likeness (QED) is 0.0237. The summed E-state index contributed by atoms with van der Waals surface area (Å²) in [7, 11) is -4.52. The lowest BCUT2D eigenvalue weighted by Gasteiger charge is -2.20. The van der Waals surface area contributed by atoms with Gasteiger partial charge in [0.1, 0.15) is 12.2 Å². The summed E-state index contributed by atoms with van der Waals surface area (Å²) in [6.07, 6.45) is 52.5. The fraction of sp³-hybridized carbons (Fsp3) is 0.860. The molecular weight excluding hydrogens is 776 g/mol. The minimum Gasteiger partial charge on any atom is -0.457 e. The van der Waals surface area contributed by atoms with Crippen LogP contribution < -0.4 is 0 Å². The van der Waals surface area contributed by atoms with Crippen LogP contribution in [0.15, 0.2) is 36.5 Å². The summed E-state index contributed by atoms with van der Waals surface area (Å²) in [5.74, 6) is -0.385. The van der Waals surface area contributed by atoms with E-state index in [-0.39, 0.29) is 25.6 Å². The van der Waals surface area contributed by atoms with Crippen LogP contribution in [0.25, 0.3) is 0 Å². The van der Waals surface area contributed by atoms with Crippen LogP contribution in [0.5, 0.6) is 0 Å². The highest BCUT2D eigenvalue weighted by Gasteiger charge is 2.26. The van der Waals surface area contributed by atoms with Gasteiger partial charge in [-0.15, -0.1) is 0 Å². The zero-order valence-electron chi connectivity index (χ0n) is 38.9. The molecular formula is C50H95O9P. The maximum Gasteiger partial charge on any atom is 0.472 e. The van der Waals surface area contributed by atoms with Gasteiger partial charge in [-0.2, -0.15) is 0 Å². The van der Waals surface area contributed by atoms with Crippen molar-refractivity contribution in [3.63, 3.8) is 0 Å². The second-order valence-corrected chi connectivity index (χ2v) is 18.3. The van der Waals surface area contributed by atoms with Crippen LogP contribution in [-0.4, -0.2) is 66.3 Å². The van der Waals surface area contributed by atoms with Crippen molar-refractivity contribution < 1.29 is 43.0 Å². The molecule has 0 saturated heterocycles. The number of phosphoric acid groups is 1. The molecule has 0 rings (SSSR count). The summed E-state index contributed by atoms with van der Waals surface area (Å²) in [6, 6.07) is 0. The second-order valence-electron chi connectivity index (χ2n) is 16.8. The Kier molecular flexibility index (Phi) is 46.1. The standard InChI is InChI=1S/C50H95O9P/c1-3-5-7-9-11-13-15-17-19-21-22-23-24-25-26-27-28-30-32-34-36-38-40-42-50(53)59-49(47-58-60(54,55)57-45-48(52)44-51)46-56-43-41-39-37-35-33-31-29-20-18-16-14-12-10-8-6-4-2/h12,14,18,20-22,48-49,51-52H,3-11,13,15-17,19,23-47H2,1-2H3,(H,54,55)/b14-12-,20-18-,22-21-. The van der Waals surface area contributed by atoms with Crippen molar-refractivity contribution in [1.29, 1.82) is 0 Å². The van der Waals surface area contributed by atoms with Crippen molar-refractivity contribution in [2.45, 2.75) is 244 Å². The smallest absolute Gasteiger partial charge is 0.457 e. The molecule has 0 bridgehead atoms. The van der Waals surface area contributed by atoms with Crippen LogP contribution in [0.3, 0.4) is 0 Å². The van der Waals surface area contributed by atoms with Gasteiger partial charge in [0.25, 0.3) is 0 Å². The minimum atomic E-state index is -4.52. The fourth-order valence-corrected chi connectivity index (χ4v) is 7.76. The Morgan fingerprint density at radius 2 is 0.900 bits per heavy atom. The molecule has 3 atom stereocenters. The molecule has 0 aliphatic rings. The fourth-order valence-electron chi connectivity index (χ4n) is 6.97. The first-order valence-corrected chi connectivity index (χ1v) is 26.5. The Morgan fingerprint density at radius 1 is 0.517 bits per heavy atom.